The summed E-state index contributed by atoms with van der Waals surface area (Å²) < 4.78 is 464. The molecule has 2 aromatic heterocycles. The van der Waals surface area contributed by atoms with Crippen LogP contribution >= 0.6 is 22.7 Å². The third kappa shape index (κ3) is 6.43. The predicted octanol–water partition coefficient (Wildman–Crippen LogP) is 14.4. The fourth-order valence-corrected chi connectivity index (χ4v) is 6.05. The van der Waals surface area contributed by atoms with Crippen LogP contribution in [-0.4, -0.2) is 83.4 Å². The van der Waals surface area contributed by atoms with E-state index in [1.165, 1.54) is 0 Å². The third-order valence-corrected chi connectivity index (χ3v) is 9.66. The Bertz CT molecular complexity index is 1860. The van der Waals surface area contributed by atoms with Gasteiger partial charge in [-0.05, 0) is 17.5 Å². The molecule has 0 aliphatic rings. The number of alkyl halides is 34. The molecule has 350 valence electrons. The van der Waals surface area contributed by atoms with Crippen molar-refractivity contribution in [1.29, 1.82) is 0 Å². The van der Waals surface area contributed by atoms with Crippen LogP contribution in [0.4, 0.5) is 149 Å². The van der Waals surface area contributed by atoms with E-state index in [2.05, 4.69) is 0 Å². The summed E-state index contributed by atoms with van der Waals surface area (Å²) in [5.41, 5.74) is -6.45. The fraction of sp³-hybridized carbons (Fsp3) is 0.667. The molecular formula is C24H4F34S2. The zero-order chi connectivity index (χ0) is 48.6. The monoisotopic (exact) mass is 1000 g/mol. The van der Waals surface area contributed by atoms with E-state index in [9.17, 15) is 149 Å². The maximum absolute atomic E-state index is 14.9. The van der Waals surface area contributed by atoms with Gasteiger partial charge in [-0.2, -0.15) is 149 Å². The molecule has 0 radical (unpaired) electrons. The Morgan fingerprint density at radius 3 is 0.867 bits per heavy atom. The summed E-state index contributed by atoms with van der Waals surface area (Å²) in [5, 5.41) is -1.18. The molecule has 2 aromatic rings. The Morgan fingerprint density at radius 2 is 0.567 bits per heavy atom. The molecule has 0 bridgehead atoms. The summed E-state index contributed by atoms with van der Waals surface area (Å²) in [6.07, 6.45) is -16.2. The molecule has 2 heterocycles. The van der Waals surface area contributed by atoms with E-state index in [1.807, 2.05) is 0 Å². The zero-order valence-corrected chi connectivity index (χ0v) is 27.6. The second kappa shape index (κ2) is 13.8. The molecular weight excluding hydrogens is 998 g/mol. The van der Waals surface area contributed by atoms with E-state index in [0.717, 1.165) is 0 Å². The molecule has 0 N–H and O–H groups in total. The summed E-state index contributed by atoms with van der Waals surface area (Å²) in [7, 11) is 0. The van der Waals surface area contributed by atoms with Crippen LogP contribution in [0.5, 0.6) is 0 Å². The van der Waals surface area contributed by atoms with Crippen molar-refractivity contribution < 1.29 is 149 Å². The predicted molar refractivity (Wildman–Crippen MR) is 127 cm³/mol. The topological polar surface area (TPSA) is 0 Å². The lowest BCUT2D eigenvalue weighted by molar-refractivity contribution is -0.462. The molecule has 0 nitrogen and oxygen atoms in total. The molecule has 0 amide bonds. The smallest absolute Gasteiger partial charge is 0.194 e. The summed E-state index contributed by atoms with van der Waals surface area (Å²) in [5.74, 6) is -122. The van der Waals surface area contributed by atoms with E-state index in [0.29, 0.717) is 0 Å². The van der Waals surface area contributed by atoms with Gasteiger partial charge < -0.3 is 0 Å². The first-order chi connectivity index (χ1) is 25.7. The average molecular weight is 1000 g/mol. The second-order valence-corrected chi connectivity index (χ2v) is 13.2. The zero-order valence-electron chi connectivity index (χ0n) is 26.0. The summed E-state index contributed by atoms with van der Waals surface area (Å²) in [6.45, 7) is 0. The number of rotatable bonds is 15. The van der Waals surface area contributed by atoms with Gasteiger partial charge in [0.15, 0.2) is 0 Å². The van der Waals surface area contributed by atoms with Crippen LogP contribution in [0.1, 0.15) is 11.1 Å². The lowest BCUT2D eigenvalue weighted by Crippen LogP contribution is -2.74. The molecule has 60 heavy (non-hydrogen) atoms. The summed E-state index contributed by atoms with van der Waals surface area (Å²) in [6, 6.07) is -1.95. The highest BCUT2D eigenvalue weighted by Gasteiger charge is 2.97. The van der Waals surface area contributed by atoms with Gasteiger partial charge in [-0.3, -0.25) is 0 Å². The van der Waals surface area contributed by atoms with Gasteiger partial charge in [-0.25, -0.2) is 0 Å². The van der Waals surface area contributed by atoms with Crippen molar-refractivity contribution in [3.63, 3.8) is 0 Å². The molecule has 2 rings (SSSR count). The van der Waals surface area contributed by atoms with Crippen molar-refractivity contribution in [2.45, 2.75) is 95.3 Å². The molecule has 0 atom stereocenters. The van der Waals surface area contributed by atoms with E-state index in [1.54, 1.807) is 0 Å². The lowest BCUT2D eigenvalue weighted by Gasteiger charge is -2.42. The summed E-state index contributed by atoms with van der Waals surface area (Å²) in [4.78, 5) is -4.35. The highest BCUT2D eigenvalue weighted by Crippen LogP contribution is 2.68. The Morgan fingerprint density at radius 1 is 0.300 bits per heavy atom. The maximum Gasteiger partial charge on any atom is 0.460 e. The quantitative estimate of drug-likeness (QED) is 0.156. The summed E-state index contributed by atoms with van der Waals surface area (Å²) >= 11 is -1.94. The molecule has 0 fully saturated rings. The van der Waals surface area contributed by atoms with Gasteiger partial charge in [0, 0.05) is 21.4 Å². The number of hydrogen-bond acceptors (Lipinski definition) is 2. The minimum absolute atomic E-state index is 0.225. The van der Waals surface area contributed by atoms with E-state index in [4.69, 9.17) is 0 Å². The van der Waals surface area contributed by atoms with Crippen LogP contribution in [0.15, 0.2) is 22.9 Å². The Hall–Kier alpha value is -2.98. The highest BCUT2D eigenvalue weighted by atomic mass is 32.1. The average Bonchev–Trinajstić information content (AvgIpc) is 3.73. The third-order valence-electron chi connectivity index (χ3n) is 7.63. The van der Waals surface area contributed by atoms with Gasteiger partial charge in [0.05, 0.1) is 4.88 Å². The van der Waals surface area contributed by atoms with Crippen molar-refractivity contribution in [2.24, 2.45) is 0 Å². The van der Waals surface area contributed by atoms with Gasteiger partial charge >= 0.3 is 95.3 Å². The molecule has 36 heteroatoms. The molecule has 0 unspecified atom stereocenters. The fourth-order valence-electron chi connectivity index (χ4n) is 4.05. The van der Waals surface area contributed by atoms with Crippen LogP contribution in [0.2, 0.25) is 0 Å². The largest absolute Gasteiger partial charge is 0.460 e. The van der Waals surface area contributed by atoms with Gasteiger partial charge in [0.25, 0.3) is 0 Å². The molecule has 0 saturated carbocycles. The Kier molecular flexibility index (Phi) is 12.2. The second-order valence-electron chi connectivity index (χ2n) is 11.4. The highest BCUT2D eigenvalue weighted by molar-refractivity contribution is 7.20. The number of hydrogen-bond donors (Lipinski definition) is 0. The number of thiophene rings is 2. The minimum Gasteiger partial charge on any atom is -0.194 e. The molecule has 0 aromatic carbocycles. The van der Waals surface area contributed by atoms with E-state index < -0.39 is 156 Å². The standard InChI is InChI=1S/C24H4F34S2/c25-9(26,11(29,30)13(33,34)15(37,38)17(41,42)19(45,46)21(49,50)23(53,54)55)5-3-7(60-4-5)8-6(1-2-59-8)10(27,28)12(31,32)14(35,36)16(39,40)18(43,44)20(47,48)22(51,52)24(56,57)58/h1-4H. The van der Waals surface area contributed by atoms with E-state index in [-0.39, 0.29) is 5.38 Å². The van der Waals surface area contributed by atoms with Crippen molar-refractivity contribution in [3.05, 3.63) is 34.0 Å². The van der Waals surface area contributed by atoms with Crippen LogP contribution in [-0.2, 0) is 11.8 Å². The first kappa shape index (κ1) is 53.2. The lowest BCUT2D eigenvalue weighted by atomic mass is 9.87. The maximum atomic E-state index is 14.9. The molecule has 0 spiro atoms. The van der Waals surface area contributed by atoms with Gasteiger partial charge in [0.1, 0.15) is 0 Å². The van der Waals surface area contributed by atoms with Gasteiger partial charge in [-0.1, -0.05) is 0 Å². The van der Waals surface area contributed by atoms with Crippen molar-refractivity contribution in [2.75, 3.05) is 0 Å². The Balaban J connectivity index is 2.75. The van der Waals surface area contributed by atoms with Crippen molar-refractivity contribution in [1.82, 2.24) is 0 Å². The molecule has 0 aliphatic heterocycles. The Labute approximate surface area is 311 Å². The first-order valence-corrected chi connectivity index (χ1v) is 15.1. The van der Waals surface area contributed by atoms with Crippen LogP contribution in [0.25, 0.3) is 9.75 Å². The van der Waals surface area contributed by atoms with Crippen molar-refractivity contribution in [3.8, 4) is 9.75 Å². The first-order valence-electron chi connectivity index (χ1n) is 13.3. The van der Waals surface area contributed by atoms with Crippen molar-refractivity contribution >= 4 is 22.7 Å². The SMILES string of the molecule is FC(F)(F)C(F)(F)C(F)(F)C(F)(F)C(F)(F)C(F)(F)C(F)(F)C(F)(F)c1csc(-c2sccc2C(F)(F)C(F)(F)C(F)(F)C(F)(F)C(F)(F)C(F)(F)C(F)(F)C(F)(F)F)c1. The van der Waals surface area contributed by atoms with Gasteiger partial charge in [0.2, 0.25) is 0 Å². The van der Waals surface area contributed by atoms with Crippen LogP contribution in [0.3, 0.4) is 0 Å². The van der Waals surface area contributed by atoms with Gasteiger partial charge in [-0.15, -0.1) is 22.7 Å². The normalized spacial score (nSPS) is 16.5. The minimum atomic E-state index is -9.15. The van der Waals surface area contributed by atoms with Crippen LogP contribution in [0, 0.1) is 0 Å². The van der Waals surface area contributed by atoms with Crippen LogP contribution < -0.4 is 0 Å². The molecule has 0 aliphatic carbocycles. The van der Waals surface area contributed by atoms with E-state index >= 15 is 0 Å². The molecule has 0 saturated heterocycles. The number of halogens is 34.